The molecule has 5 nitrogen and oxygen atoms in total. The standard InChI is InChI=1S/C13H17BrN2O3/c1-4-15-13(18)16-12(17)9(3)19-10-5-6-11(14)8(2)7-10/h5-7,9H,4H2,1-3H3,(H2,15,16,17,18). The summed E-state index contributed by atoms with van der Waals surface area (Å²) in [5, 5.41) is 4.68. The van der Waals surface area contributed by atoms with Crippen LogP contribution in [0.5, 0.6) is 5.75 Å². The Labute approximate surface area is 120 Å². The van der Waals surface area contributed by atoms with E-state index >= 15 is 0 Å². The van der Waals surface area contributed by atoms with E-state index in [0.29, 0.717) is 12.3 Å². The summed E-state index contributed by atoms with van der Waals surface area (Å²) in [6.45, 7) is 5.75. The number of nitrogens with one attached hydrogen (secondary N) is 2. The highest BCUT2D eigenvalue weighted by Gasteiger charge is 2.17. The van der Waals surface area contributed by atoms with E-state index in [9.17, 15) is 9.59 Å². The maximum atomic E-state index is 11.7. The van der Waals surface area contributed by atoms with Crippen molar-refractivity contribution in [3.63, 3.8) is 0 Å². The minimum Gasteiger partial charge on any atom is -0.481 e. The first-order valence-corrected chi connectivity index (χ1v) is 6.74. The highest BCUT2D eigenvalue weighted by atomic mass is 79.9. The third-order valence-electron chi connectivity index (χ3n) is 2.39. The fraction of sp³-hybridized carbons (Fsp3) is 0.385. The lowest BCUT2D eigenvalue weighted by atomic mass is 10.2. The van der Waals surface area contributed by atoms with Crippen molar-refractivity contribution in [2.24, 2.45) is 0 Å². The quantitative estimate of drug-likeness (QED) is 0.891. The molecular formula is C13H17BrN2O3. The Kier molecular flexibility index (Phi) is 5.82. The molecular weight excluding hydrogens is 312 g/mol. The number of rotatable bonds is 4. The van der Waals surface area contributed by atoms with Crippen LogP contribution in [0, 0.1) is 6.92 Å². The van der Waals surface area contributed by atoms with E-state index in [0.717, 1.165) is 10.0 Å². The van der Waals surface area contributed by atoms with Crippen LogP contribution in [0.15, 0.2) is 22.7 Å². The van der Waals surface area contributed by atoms with Gasteiger partial charge in [-0.1, -0.05) is 15.9 Å². The van der Waals surface area contributed by atoms with Gasteiger partial charge < -0.3 is 10.1 Å². The minimum atomic E-state index is -0.747. The molecule has 0 bridgehead atoms. The Hall–Kier alpha value is -1.56. The van der Waals surface area contributed by atoms with Gasteiger partial charge in [0.05, 0.1) is 0 Å². The molecule has 1 atom stereocenters. The lowest BCUT2D eigenvalue weighted by molar-refractivity contribution is -0.126. The van der Waals surface area contributed by atoms with E-state index in [1.165, 1.54) is 0 Å². The van der Waals surface area contributed by atoms with Crippen LogP contribution in [0.4, 0.5) is 4.79 Å². The predicted octanol–water partition coefficient (Wildman–Crippen LogP) is 2.37. The summed E-state index contributed by atoms with van der Waals surface area (Å²) in [5.41, 5.74) is 1.01. The highest BCUT2D eigenvalue weighted by Crippen LogP contribution is 2.22. The molecule has 0 heterocycles. The van der Waals surface area contributed by atoms with Crippen LogP contribution >= 0.6 is 15.9 Å². The molecule has 1 aromatic carbocycles. The molecule has 0 aliphatic heterocycles. The third kappa shape index (κ3) is 4.90. The molecule has 1 aromatic rings. The van der Waals surface area contributed by atoms with Gasteiger partial charge in [-0.3, -0.25) is 10.1 Å². The number of amides is 3. The van der Waals surface area contributed by atoms with E-state index in [1.54, 1.807) is 19.9 Å². The number of imide groups is 1. The zero-order chi connectivity index (χ0) is 14.4. The molecule has 6 heteroatoms. The average Bonchev–Trinajstić information content (AvgIpc) is 2.34. The smallest absolute Gasteiger partial charge is 0.321 e. The minimum absolute atomic E-state index is 0.459. The number of hydrogen-bond acceptors (Lipinski definition) is 3. The Morgan fingerprint density at radius 3 is 2.68 bits per heavy atom. The molecule has 0 aliphatic rings. The summed E-state index contributed by atoms with van der Waals surface area (Å²) in [5.74, 6) is 0.103. The largest absolute Gasteiger partial charge is 0.481 e. The third-order valence-corrected chi connectivity index (χ3v) is 3.28. The second kappa shape index (κ2) is 7.13. The molecule has 3 amide bonds. The van der Waals surface area contributed by atoms with Gasteiger partial charge in [0.25, 0.3) is 5.91 Å². The molecule has 0 saturated heterocycles. The molecule has 0 radical (unpaired) electrons. The SMILES string of the molecule is CCNC(=O)NC(=O)C(C)Oc1ccc(Br)c(C)c1. The summed E-state index contributed by atoms with van der Waals surface area (Å²) >= 11 is 3.39. The molecule has 19 heavy (non-hydrogen) atoms. The molecule has 0 spiro atoms. The van der Waals surface area contributed by atoms with E-state index in [-0.39, 0.29) is 0 Å². The van der Waals surface area contributed by atoms with Gasteiger partial charge >= 0.3 is 6.03 Å². The normalized spacial score (nSPS) is 11.6. The van der Waals surface area contributed by atoms with Crippen molar-refractivity contribution >= 4 is 27.9 Å². The van der Waals surface area contributed by atoms with Gasteiger partial charge in [0.15, 0.2) is 6.10 Å². The number of carbonyl (C=O) groups is 2. The molecule has 1 rings (SSSR count). The summed E-state index contributed by atoms with van der Waals surface area (Å²) in [6, 6.07) is 4.90. The van der Waals surface area contributed by atoms with E-state index < -0.39 is 18.0 Å². The van der Waals surface area contributed by atoms with Gasteiger partial charge in [0, 0.05) is 11.0 Å². The number of halogens is 1. The molecule has 2 N–H and O–H groups in total. The molecule has 0 aliphatic carbocycles. The first-order valence-electron chi connectivity index (χ1n) is 5.95. The molecule has 1 unspecified atom stereocenters. The Bertz CT molecular complexity index is 477. The van der Waals surface area contributed by atoms with Gasteiger partial charge in [-0.05, 0) is 44.5 Å². The van der Waals surface area contributed by atoms with Gasteiger partial charge in [-0.15, -0.1) is 0 Å². The van der Waals surface area contributed by atoms with Crippen LogP contribution in [0.1, 0.15) is 19.4 Å². The predicted molar refractivity (Wildman–Crippen MR) is 76.2 cm³/mol. The fourth-order valence-electron chi connectivity index (χ4n) is 1.37. The number of aryl methyl sites for hydroxylation is 1. The molecule has 0 aromatic heterocycles. The number of urea groups is 1. The number of ether oxygens (including phenoxy) is 1. The topological polar surface area (TPSA) is 67.4 Å². The van der Waals surface area contributed by atoms with Crippen molar-refractivity contribution in [1.29, 1.82) is 0 Å². The number of hydrogen-bond donors (Lipinski definition) is 2. The van der Waals surface area contributed by atoms with Crippen LogP contribution in [-0.4, -0.2) is 24.6 Å². The van der Waals surface area contributed by atoms with Crippen LogP contribution in [-0.2, 0) is 4.79 Å². The summed E-state index contributed by atoms with van der Waals surface area (Å²) < 4.78 is 6.45. The number of carbonyl (C=O) groups excluding carboxylic acids is 2. The van der Waals surface area contributed by atoms with Crippen molar-refractivity contribution in [1.82, 2.24) is 10.6 Å². The van der Waals surface area contributed by atoms with Crippen molar-refractivity contribution in [2.45, 2.75) is 26.9 Å². The van der Waals surface area contributed by atoms with Crippen molar-refractivity contribution in [3.8, 4) is 5.75 Å². The molecule has 0 saturated carbocycles. The number of benzene rings is 1. The lowest BCUT2D eigenvalue weighted by Crippen LogP contribution is -2.45. The first-order chi connectivity index (χ1) is 8.93. The summed E-state index contributed by atoms with van der Waals surface area (Å²) in [4.78, 5) is 22.9. The summed E-state index contributed by atoms with van der Waals surface area (Å²) in [7, 11) is 0. The maximum Gasteiger partial charge on any atom is 0.321 e. The van der Waals surface area contributed by atoms with Crippen molar-refractivity contribution in [2.75, 3.05) is 6.54 Å². The van der Waals surface area contributed by atoms with Crippen LogP contribution in [0.25, 0.3) is 0 Å². The van der Waals surface area contributed by atoms with E-state index in [2.05, 4.69) is 26.6 Å². The van der Waals surface area contributed by atoms with Gasteiger partial charge in [0.2, 0.25) is 0 Å². The first kappa shape index (κ1) is 15.5. The van der Waals surface area contributed by atoms with Gasteiger partial charge in [-0.2, -0.15) is 0 Å². The second-order valence-electron chi connectivity index (χ2n) is 4.02. The van der Waals surface area contributed by atoms with E-state index in [1.807, 2.05) is 19.1 Å². The fourth-order valence-corrected chi connectivity index (χ4v) is 1.61. The maximum absolute atomic E-state index is 11.7. The van der Waals surface area contributed by atoms with Crippen LogP contribution in [0.2, 0.25) is 0 Å². The Morgan fingerprint density at radius 2 is 2.11 bits per heavy atom. The molecule has 0 fully saturated rings. The Balaban J connectivity index is 2.58. The van der Waals surface area contributed by atoms with Crippen molar-refractivity contribution in [3.05, 3.63) is 28.2 Å². The average molecular weight is 329 g/mol. The summed E-state index contributed by atoms with van der Waals surface area (Å²) in [6.07, 6.45) is -0.747. The van der Waals surface area contributed by atoms with E-state index in [4.69, 9.17) is 4.74 Å². The van der Waals surface area contributed by atoms with Gasteiger partial charge in [0.1, 0.15) is 5.75 Å². The second-order valence-corrected chi connectivity index (χ2v) is 4.87. The van der Waals surface area contributed by atoms with Crippen LogP contribution in [0.3, 0.4) is 0 Å². The highest BCUT2D eigenvalue weighted by molar-refractivity contribution is 9.10. The lowest BCUT2D eigenvalue weighted by Gasteiger charge is -2.15. The monoisotopic (exact) mass is 328 g/mol. The van der Waals surface area contributed by atoms with Crippen molar-refractivity contribution < 1.29 is 14.3 Å². The van der Waals surface area contributed by atoms with Gasteiger partial charge in [-0.25, -0.2) is 4.79 Å². The zero-order valence-corrected chi connectivity index (χ0v) is 12.7. The Morgan fingerprint density at radius 1 is 1.42 bits per heavy atom. The van der Waals surface area contributed by atoms with Crippen LogP contribution < -0.4 is 15.4 Å². The molecule has 104 valence electrons. The zero-order valence-electron chi connectivity index (χ0n) is 11.1.